The van der Waals surface area contributed by atoms with E-state index in [1.807, 2.05) is 26.0 Å². The highest BCUT2D eigenvalue weighted by atomic mass is 32.1. The number of hydrogen-bond acceptors (Lipinski definition) is 4. The molecule has 0 saturated carbocycles. The number of rotatable bonds is 3. The van der Waals surface area contributed by atoms with Gasteiger partial charge >= 0.3 is 0 Å². The van der Waals surface area contributed by atoms with Crippen molar-refractivity contribution in [1.29, 1.82) is 0 Å². The Hall–Kier alpha value is -2.21. The normalized spacial score (nSPS) is 11.2. The quantitative estimate of drug-likeness (QED) is 0.803. The van der Waals surface area contributed by atoms with Crippen molar-refractivity contribution in [3.05, 3.63) is 41.5 Å². The Morgan fingerprint density at radius 1 is 1.35 bits per heavy atom. The van der Waals surface area contributed by atoms with Gasteiger partial charge in [0.1, 0.15) is 5.82 Å². The van der Waals surface area contributed by atoms with E-state index in [4.69, 9.17) is 0 Å². The zero-order valence-corrected chi connectivity index (χ0v) is 12.0. The second kappa shape index (κ2) is 5.05. The largest absolute Gasteiger partial charge is 0.307 e. The van der Waals surface area contributed by atoms with Gasteiger partial charge in [-0.15, -0.1) is 11.3 Å². The lowest BCUT2D eigenvalue weighted by Crippen LogP contribution is -2.16. The van der Waals surface area contributed by atoms with Crippen LogP contribution in [0, 0.1) is 0 Å². The minimum Gasteiger partial charge on any atom is -0.307 e. The number of aromatic nitrogens is 3. The van der Waals surface area contributed by atoms with Gasteiger partial charge in [-0.3, -0.25) is 4.79 Å². The van der Waals surface area contributed by atoms with Crippen LogP contribution >= 0.6 is 11.3 Å². The zero-order chi connectivity index (χ0) is 14.1. The number of thiazole rings is 1. The van der Waals surface area contributed by atoms with Gasteiger partial charge in [0.25, 0.3) is 5.91 Å². The highest BCUT2D eigenvalue weighted by Gasteiger charge is 2.12. The molecule has 102 valence electrons. The van der Waals surface area contributed by atoms with Crippen LogP contribution in [0.4, 0.5) is 5.82 Å². The van der Waals surface area contributed by atoms with Crippen LogP contribution in [0.2, 0.25) is 0 Å². The highest BCUT2D eigenvalue weighted by molar-refractivity contribution is 7.16. The van der Waals surface area contributed by atoms with Crippen molar-refractivity contribution in [3.63, 3.8) is 0 Å². The third-order valence-corrected chi connectivity index (χ3v) is 3.79. The maximum atomic E-state index is 12.3. The molecule has 0 aliphatic rings. The van der Waals surface area contributed by atoms with Gasteiger partial charge in [-0.1, -0.05) is 0 Å². The first kappa shape index (κ1) is 12.8. The van der Waals surface area contributed by atoms with Crippen molar-refractivity contribution >= 4 is 33.3 Å². The van der Waals surface area contributed by atoms with Crippen molar-refractivity contribution in [3.8, 4) is 0 Å². The zero-order valence-electron chi connectivity index (χ0n) is 11.2. The molecule has 0 spiro atoms. The summed E-state index contributed by atoms with van der Waals surface area (Å²) in [6.07, 6.45) is 1.68. The molecule has 0 radical (unpaired) electrons. The Kier molecular flexibility index (Phi) is 3.23. The van der Waals surface area contributed by atoms with Crippen LogP contribution in [0.1, 0.15) is 30.2 Å². The Balaban J connectivity index is 1.86. The van der Waals surface area contributed by atoms with Crippen molar-refractivity contribution in [1.82, 2.24) is 14.8 Å². The van der Waals surface area contributed by atoms with Gasteiger partial charge in [-0.25, -0.2) is 9.67 Å². The fraction of sp³-hybridized carbons (Fsp3) is 0.214. The molecule has 0 atom stereocenters. The monoisotopic (exact) mass is 286 g/mol. The van der Waals surface area contributed by atoms with Crippen molar-refractivity contribution in [2.24, 2.45) is 0 Å². The number of carbonyl (C=O) groups is 1. The van der Waals surface area contributed by atoms with E-state index in [1.165, 1.54) is 11.3 Å². The van der Waals surface area contributed by atoms with Crippen molar-refractivity contribution in [2.45, 2.75) is 19.9 Å². The molecule has 2 heterocycles. The van der Waals surface area contributed by atoms with Gasteiger partial charge in [0.05, 0.1) is 21.9 Å². The Morgan fingerprint density at radius 3 is 3.00 bits per heavy atom. The van der Waals surface area contributed by atoms with E-state index >= 15 is 0 Å². The molecule has 2 aromatic heterocycles. The standard InChI is InChI=1S/C14H14N4OS/c1-9(2)18-13(5-6-16-18)17-14(19)10-3-4-11-12(7-10)20-8-15-11/h3-9H,1-2H3,(H,17,19). The number of fused-ring (bicyclic) bond motifs is 1. The fourth-order valence-corrected chi connectivity index (χ4v) is 2.73. The van der Waals surface area contributed by atoms with Crippen LogP contribution in [0.15, 0.2) is 36.0 Å². The molecule has 5 nitrogen and oxygen atoms in total. The Morgan fingerprint density at radius 2 is 2.20 bits per heavy atom. The van der Waals surface area contributed by atoms with Crippen LogP contribution in [0.25, 0.3) is 10.2 Å². The summed E-state index contributed by atoms with van der Waals surface area (Å²) in [6, 6.07) is 7.50. The third-order valence-electron chi connectivity index (χ3n) is 2.99. The number of carbonyl (C=O) groups excluding carboxylic acids is 1. The van der Waals surface area contributed by atoms with E-state index in [2.05, 4.69) is 15.4 Å². The van der Waals surface area contributed by atoms with E-state index in [9.17, 15) is 4.79 Å². The average Bonchev–Trinajstić information content (AvgIpc) is 3.05. The van der Waals surface area contributed by atoms with E-state index in [-0.39, 0.29) is 11.9 Å². The highest BCUT2D eigenvalue weighted by Crippen LogP contribution is 2.20. The summed E-state index contributed by atoms with van der Waals surface area (Å²) in [5.74, 6) is 0.567. The maximum Gasteiger partial charge on any atom is 0.256 e. The number of hydrogen-bond donors (Lipinski definition) is 1. The van der Waals surface area contributed by atoms with Crippen LogP contribution in [0.3, 0.4) is 0 Å². The average molecular weight is 286 g/mol. The predicted molar refractivity (Wildman–Crippen MR) is 80.2 cm³/mol. The smallest absolute Gasteiger partial charge is 0.256 e. The van der Waals surface area contributed by atoms with Crippen LogP contribution < -0.4 is 5.32 Å². The summed E-state index contributed by atoms with van der Waals surface area (Å²) in [5, 5.41) is 7.09. The van der Waals surface area contributed by atoms with Gasteiger partial charge in [0, 0.05) is 17.7 Å². The number of amides is 1. The predicted octanol–water partition coefficient (Wildman–Crippen LogP) is 3.33. The number of benzene rings is 1. The molecule has 3 aromatic rings. The number of nitrogens with zero attached hydrogens (tertiary/aromatic N) is 3. The van der Waals surface area contributed by atoms with Crippen molar-refractivity contribution < 1.29 is 4.79 Å². The molecule has 0 aliphatic carbocycles. The third kappa shape index (κ3) is 2.30. The molecule has 6 heteroatoms. The second-order valence-corrected chi connectivity index (χ2v) is 5.63. The minimum atomic E-state index is -0.136. The molecular formula is C14H14N4OS. The lowest BCUT2D eigenvalue weighted by atomic mass is 10.2. The topological polar surface area (TPSA) is 59.8 Å². The van der Waals surface area contributed by atoms with E-state index in [0.717, 1.165) is 10.2 Å². The molecular weight excluding hydrogens is 272 g/mol. The first-order chi connectivity index (χ1) is 9.65. The fourth-order valence-electron chi connectivity index (χ4n) is 2.01. The molecule has 0 aliphatic heterocycles. The minimum absolute atomic E-state index is 0.136. The molecule has 1 amide bonds. The molecule has 0 fully saturated rings. The summed E-state index contributed by atoms with van der Waals surface area (Å²) in [6.45, 7) is 4.04. The van der Waals surface area contributed by atoms with Crippen LogP contribution in [-0.4, -0.2) is 20.7 Å². The summed E-state index contributed by atoms with van der Waals surface area (Å²) < 4.78 is 2.79. The molecule has 0 unspecified atom stereocenters. The van der Waals surface area contributed by atoms with E-state index in [0.29, 0.717) is 11.4 Å². The molecule has 0 saturated heterocycles. The first-order valence-corrected chi connectivity index (χ1v) is 7.21. The van der Waals surface area contributed by atoms with Crippen molar-refractivity contribution in [2.75, 3.05) is 5.32 Å². The first-order valence-electron chi connectivity index (χ1n) is 6.33. The van der Waals surface area contributed by atoms with Gasteiger partial charge in [0.2, 0.25) is 0 Å². The molecule has 20 heavy (non-hydrogen) atoms. The van der Waals surface area contributed by atoms with Crippen LogP contribution in [-0.2, 0) is 0 Å². The number of nitrogens with one attached hydrogen (secondary N) is 1. The summed E-state index contributed by atoms with van der Waals surface area (Å²) in [7, 11) is 0. The summed E-state index contributed by atoms with van der Waals surface area (Å²) in [5.41, 5.74) is 3.32. The summed E-state index contributed by atoms with van der Waals surface area (Å²) >= 11 is 1.53. The Labute approximate surface area is 120 Å². The molecule has 1 N–H and O–H groups in total. The molecule has 0 bridgehead atoms. The molecule has 3 rings (SSSR count). The lowest BCUT2D eigenvalue weighted by Gasteiger charge is -2.11. The van der Waals surface area contributed by atoms with Gasteiger partial charge in [-0.2, -0.15) is 5.10 Å². The lowest BCUT2D eigenvalue weighted by molar-refractivity contribution is 0.102. The molecule has 1 aromatic carbocycles. The number of anilines is 1. The van der Waals surface area contributed by atoms with Crippen LogP contribution in [0.5, 0.6) is 0 Å². The second-order valence-electron chi connectivity index (χ2n) is 4.74. The van der Waals surface area contributed by atoms with E-state index < -0.39 is 0 Å². The van der Waals surface area contributed by atoms with Gasteiger partial charge < -0.3 is 5.32 Å². The van der Waals surface area contributed by atoms with Gasteiger partial charge in [-0.05, 0) is 32.0 Å². The van der Waals surface area contributed by atoms with Gasteiger partial charge in [0.15, 0.2) is 0 Å². The summed E-state index contributed by atoms with van der Waals surface area (Å²) in [4.78, 5) is 16.5. The van der Waals surface area contributed by atoms with E-state index in [1.54, 1.807) is 28.5 Å². The SMILES string of the molecule is CC(C)n1nccc1NC(=O)c1ccc2ncsc2c1. The maximum absolute atomic E-state index is 12.3. The Bertz CT molecular complexity index is 759.